The van der Waals surface area contributed by atoms with E-state index in [2.05, 4.69) is 10.6 Å². The highest BCUT2D eigenvalue weighted by Gasteiger charge is 2.57. The van der Waals surface area contributed by atoms with Crippen molar-refractivity contribution in [2.45, 2.75) is 6.42 Å². The minimum atomic E-state index is -0.571. The SMILES string of the molecule is Cl.O=C1NC(=O)C2(Cc3ccccc3)CNCC12. The van der Waals surface area contributed by atoms with Crippen LogP contribution in [0.15, 0.2) is 30.3 Å². The van der Waals surface area contributed by atoms with E-state index in [1.54, 1.807) is 0 Å². The van der Waals surface area contributed by atoms with Gasteiger partial charge in [0.1, 0.15) is 0 Å². The van der Waals surface area contributed by atoms with E-state index in [9.17, 15) is 9.59 Å². The van der Waals surface area contributed by atoms with Crippen molar-refractivity contribution in [1.82, 2.24) is 10.6 Å². The maximum absolute atomic E-state index is 12.0. The summed E-state index contributed by atoms with van der Waals surface area (Å²) < 4.78 is 0. The molecule has 0 bridgehead atoms. The first-order valence-electron chi connectivity index (χ1n) is 5.82. The Morgan fingerprint density at radius 2 is 1.94 bits per heavy atom. The Labute approximate surface area is 112 Å². The number of amides is 2. The molecule has 0 aromatic heterocycles. The quantitative estimate of drug-likeness (QED) is 0.767. The normalized spacial score (nSPS) is 29.7. The summed E-state index contributed by atoms with van der Waals surface area (Å²) in [5.41, 5.74) is 0.532. The van der Waals surface area contributed by atoms with Crippen LogP contribution >= 0.6 is 12.4 Å². The lowest BCUT2D eigenvalue weighted by Gasteiger charge is -2.23. The van der Waals surface area contributed by atoms with Crippen molar-refractivity contribution < 1.29 is 9.59 Å². The van der Waals surface area contributed by atoms with Gasteiger partial charge in [-0.2, -0.15) is 0 Å². The second-order valence-electron chi connectivity index (χ2n) is 4.82. The zero-order valence-electron chi connectivity index (χ0n) is 9.81. The molecule has 2 amide bonds. The molecule has 0 spiro atoms. The third-order valence-corrected chi connectivity index (χ3v) is 3.82. The smallest absolute Gasteiger partial charge is 0.235 e. The van der Waals surface area contributed by atoms with Crippen LogP contribution in [0.4, 0.5) is 0 Å². The van der Waals surface area contributed by atoms with Gasteiger partial charge in [0.25, 0.3) is 0 Å². The van der Waals surface area contributed by atoms with E-state index < -0.39 is 5.41 Å². The van der Waals surface area contributed by atoms with Crippen LogP contribution in [0.5, 0.6) is 0 Å². The van der Waals surface area contributed by atoms with Crippen LogP contribution in [0.1, 0.15) is 5.56 Å². The Kier molecular flexibility index (Phi) is 3.41. The summed E-state index contributed by atoms with van der Waals surface area (Å²) >= 11 is 0. The fraction of sp³-hybridized carbons (Fsp3) is 0.385. The Bertz CT molecular complexity index is 477. The molecule has 2 fully saturated rings. The zero-order valence-corrected chi connectivity index (χ0v) is 10.6. The number of halogens is 1. The first-order valence-corrected chi connectivity index (χ1v) is 5.82. The number of hydrogen-bond acceptors (Lipinski definition) is 3. The van der Waals surface area contributed by atoms with Gasteiger partial charge in [-0.1, -0.05) is 30.3 Å². The predicted molar refractivity (Wildman–Crippen MR) is 69.3 cm³/mol. The molecule has 2 aliphatic rings. The van der Waals surface area contributed by atoms with Gasteiger partial charge in [-0.25, -0.2) is 0 Å². The van der Waals surface area contributed by atoms with Crippen LogP contribution in [0.25, 0.3) is 0 Å². The summed E-state index contributed by atoms with van der Waals surface area (Å²) in [7, 11) is 0. The van der Waals surface area contributed by atoms with Gasteiger partial charge in [-0.3, -0.25) is 14.9 Å². The van der Waals surface area contributed by atoms with E-state index in [0.29, 0.717) is 19.5 Å². The van der Waals surface area contributed by atoms with Crippen molar-refractivity contribution >= 4 is 24.2 Å². The number of fused-ring (bicyclic) bond motifs is 1. The largest absolute Gasteiger partial charge is 0.315 e. The van der Waals surface area contributed by atoms with Crippen LogP contribution in [-0.2, 0) is 16.0 Å². The first kappa shape index (κ1) is 13.1. The van der Waals surface area contributed by atoms with E-state index in [-0.39, 0.29) is 30.1 Å². The Morgan fingerprint density at radius 1 is 1.22 bits per heavy atom. The van der Waals surface area contributed by atoms with Gasteiger partial charge in [0, 0.05) is 13.1 Å². The van der Waals surface area contributed by atoms with E-state index >= 15 is 0 Å². The molecule has 2 saturated heterocycles. The van der Waals surface area contributed by atoms with E-state index in [1.807, 2.05) is 30.3 Å². The molecule has 1 aromatic carbocycles. The summed E-state index contributed by atoms with van der Waals surface area (Å²) in [5.74, 6) is -0.465. The average molecular weight is 267 g/mol. The lowest BCUT2D eigenvalue weighted by molar-refractivity contribution is -0.128. The second-order valence-corrected chi connectivity index (χ2v) is 4.82. The van der Waals surface area contributed by atoms with Crippen molar-refractivity contribution in [2.75, 3.05) is 13.1 Å². The van der Waals surface area contributed by atoms with E-state index in [4.69, 9.17) is 0 Å². The fourth-order valence-electron chi connectivity index (χ4n) is 2.89. The lowest BCUT2D eigenvalue weighted by atomic mass is 9.75. The Morgan fingerprint density at radius 3 is 2.67 bits per heavy atom. The molecular weight excluding hydrogens is 252 g/mol. The number of benzene rings is 1. The third kappa shape index (κ3) is 1.82. The topological polar surface area (TPSA) is 58.2 Å². The molecule has 0 saturated carbocycles. The van der Waals surface area contributed by atoms with Gasteiger partial charge in [0.15, 0.2) is 0 Å². The molecular formula is C13H15ClN2O2. The number of nitrogens with one attached hydrogen (secondary N) is 2. The Hall–Kier alpha value is -1.39. The number of imide groups is 1. The van der Waals surface area contributed by atoms with E-state index in [1.165, 1.54) is 0 Å². The summed E-state index contributed by atoms with van der Waals surface area (Å²) in [6.45, 7) is 1.19. The fourth-order valence-corrected chi connectivity index (χ4v) is 2.89. The molecule has 3 rings (SSSR count). The second kappa shape index (κ2) is 4.71. The molecule has 2 atom stereocenters. The van der Waals surface area contributed by atoms with Gasteiger partial charge in [-0.05, 0) is 12.0 Å². The predicted octanol–water partition coefficient (Wildman–Crippen LogP) is 0.513. The summed E-state index contributed by atoms with van der Waals surface area (Å²) in [6, 6.07) is 9.86. The van der Waals surface area contributed by atoms with Crippen LogP contribution in [0, 0.1) is 11.3 Å². The maximum Gasteiger partial charge on any atom is 0.235 e. The monoisotopic (exact) mass is 266 g/mol. The van der Waals surface area contributed by atoms with Crippen LogP contribution < -0.4 is 10.6 Å². The highest BCUT2D eigenvalue weighted by Crippen LogP contribution is 2.39. The van der Waals surface area contributed by atoms with Gasteiger partial charge < -0.3 is 5.32 Å². The number of rotatable bonds is 2. The van der Waals surface area contributed by atoms with Gasteiger partial charge in [-0.15, -0.1) is 12.4 Å². The molecule has 2 unspecified atom stereocenters. The van der Waals surface area contributed by atoms with Crippen molar-refractivity contribution in [2.24, 2.45) is 11.3 Å². The van der Waals surface area contributed by atoms with Gasteiger partial charge >= 0.3 is 0 Å². The average Bonchev–Trinajstić information content (AvgIpc) is 2.83. The molecule has 5 heteroatoms. The third-order valence-electron chi connectivity index (χ3n) is 3.82. The van der Waals surface area contributed by atoms with E-state index in [0.717, 1.165) is 5.56 Å². The molecule has 1 aromatic rings. The lowest BCUT2D eigenvalue weighted by Crippen LogP contribution is -2.38. The molecule has 4 nitrogen and oxygen atoms in total. The molecule has 18 heavy (non-hydrogen) atoms. The standard InChI is InChI=1S/C13H14N2O2.ClH/c16-11-10-7-14-8-13(10,12(17)15-11)6-9-4-2-1-3-5-9;/h1-5,10,14H,6-8H2,(H,15,16,17);1H. The Balaban J connectivity index is 0.00000120. The van der Waals surface area contributed by atoms with Crippen molar-refractivity contribution in [3.63, 3.8) is 0 Å². The first-order chi connectivity index (χ1) is 8.22. The highest BCUT2D eigenvalue weighted by molar-refractivity contribution is 6.08. The molecule has 2 N–H and O–H groups in total. The van der Waals surface area contributed by atoms with Crippen LogP contribution in [0.3, 0.4) is 0 Å². The van der Waals surface area contributed by atoms with Crippen LogP contribution in [0.2, 0.25) is 0 Å². The molecule has 96 valence electrons. The van der Waals surface area contributed by atoms with Gasteiger partial charge in [0.05, 0.1) is 11.3 Å². The minimum Gasteiger partial charge on any atom is -0.315 e. The number of hydrogen-bond donors (Lipinski definition) is 2. The summed E-state index contributed by atoms with van der Waals surface area (Å²) in [5, 5.41) is 5.63. The maximum atomic E-state index is 12.0. The van der Waals surface area contributed by atoms with Gasteiger partial charge in [0.2, 0.25) is 11.8 Å². The highest BCUT2D eigenvalue weighted by atomic mass is 35.5. The van der Waals surface area contributed by atoms with Crippen LogP contribution in [-0.4, -0.2) is 24.9 Å². The van der Waals surface area contributed by atoms with Crippen molar-refractivity contribution in [3.8, 4) is 0 Å². The zero-order chi connectivity index (χ0) is 11.9. The summed E-state index contributed by atoms with van der Waals surface area (Å²) in [4.78, 5) is 23.7. The molecule has 2 aliphatic heterocycles. The molecule has 0 radical (unpaired) electrons. The molecule has 2 heterocycles. The summed E-state index contributed by atoms with van der Waals surface area (Å²) in [6.07, 6.45) is 0.628. The van der Waals surface area contributed by atoms with Crippen molar-refractivity contribution in [3.05, 3.63) is 35.9 Å². The number of carbonyl (C=O) groups excluding carboxylic acids is 2. The number of carbonyl (C=O) groups is 2. The van der Waals surface area contributed by atoms with Crippen molar-refractivity contribution in [1.29, 1.82) is 0 Å². The molecule has 0 aliphatic carbocycles. The minimum absolute atomic E-state index is 0.